The molecular formula is C20H18F3N3O2. The number of hydrogen-bond donors (Lipinski definition) is 2. The Bertz CT molecular complexity index is 1050. The van der Waals surface area contributed by atoms with Gasteiger partial charge in [0.05, 0.1) is 23.0 Å². The molecule has 0 aliphatic heterocycles. The Kier molecular flexibility index (Phi) is 5.13. The second-order valence-corrected chi connectivity index (χ2v) is 6.51. The topological polar surface area (TPSA) is 67.2 Å². The normalized spacial score (nSPS) is 12.1. The summed E-state index contributed by atoms with van der Waals surface area (Å²) >= 11 is 0. The van der Waals surface area contributed by atoms with E-state index in [4.69, 9.17) is 0 Å². The molecule has 28 heavy (non-hydrogen) atoms. The van der Waals surface area contributed by atoms with Gasteiger partial charge in [0, 0.05) is 5.69 Å². The molecule has 146 valence electrons. The second-order valence-electron chi connectivity index (χ2n) is 6.51. The van der Waals surface area contributed by atoms with Crippen LogP contribution in [0, 0.1) is 31.3 Å². The summed E-state index contributed by atoms with van der Waals surface area (Å²) < 4.78 is 42.2. The number of nitrogens with one attached hydrogen (secondary N) is 1. The molecule has 1 heterocycles. The number of carbonyl (C=O) groups excluding carboxylic acids is 1. The quantitative estimate of drug-likeness (QED) is 0.660. The van der Waals surface area contributed by atoms with Gasteiger partial charge in [0.15, 0.2) is 17.4 Å². The van der Waals surface area contributed by atoms with Crippen LogP contribution < -0.4 is 5.32 Å². The first-order valence-electron chi connectivity index (χ1n) is 8.50. The van der Waals surface area contributed by atoms with Crippen molar-refractivity contribution in [1.82, 2.24) is 15.1 Å². The van der Waals surface area contributed by atoms with Gasteiger partial charge in [-0.2, -0.15) is 9.49 Å². The highest BCUT2D eigenvalue weighted by molar-refractivity contribution is 5.95. The summed E-state index contributed by atoms with van der Waals surface area (Å²) in [4.78, 5) is 12.2. The summed E-state index contributed by atoms with van der Waals surface area (Å²) in [6, 6.07) is 9.01. The van der Waals surface area contributed by atoms with E-state index in [0.29, 0.717) is 11.6 Å². The van der Waals surface area contributed by atoms with Crippen LogP contribution in [-0.2, 0) is 0 Å². The molecule has 0 radical (unpaired) electrons. The van der Waals surface area contributed by atoms with E-state index in [1.54, 1.807) is 23.7 Å². The smallest absolute Gasteiger partial charge is 0.254 e. The Morgan fingerprint density at radius 1 is 1.11 bits per heavy atom. The minimum atomic E-state index is -1.73. The van der Waals surface area contributed by atoms with Gasteiger partial charge in [0.1, 0.15) is 0 Å². The van der Waals surface area contributed by atoms with E-state index >= 15 is 0 Å². The number of aromatic hydroxyl groups is 1. The maximum atomic E-state index is 13.9. The molecule has 8 heteroatoms. The molecule has 0 fully saturated rings. The number of rotatable bonds is 4. The molecule has 0 aliphatic rings. The lowest BCUT2D eigenvalue weighted by molar-refractivity contribution is 0.0934. The number of halogens is 3. The molecule has 3 aromatic rings. The third kappa shape index (κ3) is 3.58. The fourth-order valence-corrected chi connectivity index (χ4v) is 2.91. The molecule has 0 aliphatic carbocycles. The zero-order valence-electron chi connectivity index (χ0n) is 15.4. The molecule has 3 rings (SSSR count). The summed E-state index contributed by atoms with van der Waals surface area (Å²) in [5.41, 5.74) is 2.64. The molecule has 1 atom stereocenters. The molecule has 1 amide bonds. The molecule has 0 bridgehead atoms. The van der Waals surface area contributed by atoms with Gasteiger partial charge in [-0.15, -0.1) is 0 Å². The SMILES string of the molecule is Cc1cc(C)n(-c2ccc([C@@H](C)NC(=O)c3cc(F)c(F)c(O)c3F)cc2)n1. The number of aryl methyl sites for hydroxylation is 2. The van der Waals surface area contributed by atoms with E-state index in [-0.39, 0.29) is 0 Å². The number of hydrogen-bond acceptors (Lipinski definition) is 3. The van der Waals surface area contributed by atoms with Crippen molar-refractivity contribution < 1.29 is 23.1 Å². The van der Waals surface area contributed by atoms with Crippen LogP contribution >= 0.6 is 0 Å². The molecule has 0 unspecified atom stereocenters. The lowest BCUT2D eigenvalue weighted by Crippen LogP contribution is -2.27. The van der Waals surface area contributed by atoms with E-state index in [2.05, 4.69) is 10.4 Å². The summed E-state index contributed by atoms with van der Waals surface area (Å²) in [5, 5.41) is 16.1. The van der Waals surface area contributed by atoms with Gasteiger partial charge in [0.25, 0.3) is 5.91 Å². The predicted molar refractivity (Wildman–Crippen MR) is 96.9 cm³/mol. The largest absolute Gasteiger partial charge is 0.503 e. The standard InChI is InChI=1S/C20H18F3N3O2/c1-10-8-11(2)26(25-10)14-6-4-13(5-7-14)12(3)24-20(28)15-9-16(21)18(23)19(27)17(15)22/h4-9,12,27H,1-3H3,(H,24,28)/t12-/m1/s1. The highest BCUT2D eigenvalue weighted by atomic mass is 19.2. The molecule has 5 nitrogen and oxygen atoms in total. The fraction of sp³-hybridized carbons (Fsp3) is 0.200. The van der Waals surface area contributed by atoms with Crippen LogP contribution in [0.2, 0.25) is 0 Å². The fourth-order valence-electron chi connectivity index (χ4n) is 2.91. The van der Waals surface area contributed by atoms with Gasteiger partial charge in [-0.05, 0) is 50.6 Å². The highest BCUT2D eigenvalue weighted by Crippen LogP contribution is 2.26. The zero-order valence-corrected chi connectivity index (χ0v) is 15.4. The lowest BCUT2D eigenvalue weighted by Gasteiger charge is -2.16. The maximum absolute atomic E-state index is 13.9. The van der Waals surface area contributed by atoms with Gasteiger partial charge in [-0.1, -0.05) is 12.1 Å². The van der Waals surface area contributed by atoms with Crippen molar-refractivity contribution in [2.45, 2.75) is 26.8 Å². The van der Waals surface area contributed by atoms with Crippen molar-refractivity contribution in [2.24, 2.45) is 0 Å². The third-order valence-corrected chi connectivity index (χ3v) is 4.37. The summed E-state index contributed by atoms with van der Waals surface area (Å²) in [6.45, 7) is 5.49. The molecule has 0 saturated carbocycles. The Morgan fingerprint density at radius 3 is 2.32 bits per heavy atom. The molecule has 2 aromatic carbocycles. The van der Waals surface area contributed by atoms with Crippen LogP contribution in [-0.4, -0.2) is 20.8 Å². The van der Waals surface area contributed by atoms with Crippen LogP contribution in [0.3, 0.4) is 0 Å². The predicted octanol–water partition coefficient (Wildman–Crippen LogP) is 4.10. The Balaban J connectivity index is 1.79. The number of carbonyl (C=O) groups is 1. The van der Waals surface area contributed by atoms with Gasteiger partial charge >= 0.3 is 0 Å². The van der Waals surface area contributed by atoms with Gasteiger partial charge in [-0.3, -0.25) is 4.79 Å². The van der Waals surface area contributed by atoms with Crippen molar-refractivity contribution >= 4 is 5.91 Å². The average molecular weight is 389 g/mol. The van der Waals surface area contributed by atoms with Gasteiger partial charge in [0.2, 0.25) is 5.82 Å². The number of amides is 1. The highest BCUT2D eigenvalue weighted by Gasteiger charge is 2.23. The van der Waals surface area contributed by atoms with Gasteiger partial charge < -0.3 is 10.4 Å². The molecular weight excluding hydrogens is 371 g/mol. The summed E-state index contributed by atoms with van der Waals surface area (Å²) in [5.74, 6) is -7.25. The van der Waals surface area contributed by atoms with Crippen LogP contribution in [0.5, 0.6) is 5.75 Å². The first kappa shape index (κ1) is 19.5. The van der Waals surface area contributed by atoms with Crippen molar-refractivity contribution in [1.29, 1.82) is 0 Å². The summed E-state index contributed by atoms with van der Waals surface area (Å²) in [7, 11) is 0. The molecule has 0 saturated heterocycles. The van der Waals surface area contributed by atoms with Gasteiger partial charge in [-0.25, -0.2) is 13.5 Å². The van der Waals surface area contributed by atoms with Crippen LogP contribution in [0.15, 0.2) is 36.4 Å². The van der Waals surface area contributed by atoms with Crippen LogP contribution in [0.4, 0.5) is 13.2 Å². The van der Waals surface area contributed by atoms with E-state index in [1.807, 2.05) is 32.0 Å². The Hall–Kier alpha value is -3.29. The number of phenolic OH excluding ortho intramolecular Hbond substituents is 1. The average Bonchev–Trinajstić information content (AvgIpc) is 3.01. The molecule has 1 aromatic heterocycles. The maximum Gasteiger partial charge on any atom is 0.254 e. The van der Waals surface area contributed by atoms with Crippen molar-refractivity contribution in [3.8, 4) is 11.4 Å². The molecule has 2 N–H and O–H groups in total. The first-order chi connectivity index (χ1) is 13.2. The molecule has 0 spiro atoms. The Morgan fingerprint density at radius 2 is 1.75 bits per heavy atom. The van der Waals surface area contributed by atoms with E-state index in [1.165, 1.54) is 0 Å². The van der Waals surface area contributed by atoms with E-state index in [0.717, 1.165) is 17.1 Å². The second kappa shape index (κ2) is 7.38. The van der Waals surface area contributed by atoms with E-state index in [9.17, 15) is 23.1 Å². The number of phenols is 1. The van der Waals surface area contributed by atoms with E-state index < -0.39 is 40.7 Å². The summed E-state index contributed by atoms with van der Waals surface area (Å²) in [6.07, 6.45) is 0. The van der Waals surface area contributed by atoms with Crippen LogP contribution in [0.25, 0.3) is 5.69 Å². The third-order valence-electron chi connectivity index (χ3n) is 4.37. The lowest BCUT2D eigenvalue weighted by atomic mass is 10.1. The monoisotopic (exact) mass is 389 g/mol. The van der Waals surface area contributed by atoms with Crippen molar-refractivity contribution in [2.75, 3.05) is 0 Å². The zero-order chi connectivity index (χ0) is 20.6. The number of aromatic nitrogens is 2. The van der Waals surface area contributed by atoms with Crippen LogP contribution in [0.1, 0.15) is 40.3 Å². The Labute approximate surface area is 159 Å². The van der Waals surface area contributed by atoms with Crippen molar-refractivity contribution in [3.63, 3.8) is 0 Å². The number of benzene rings is 2. The number of nitrogens with zero attached hydrogens (tertiary/aromatic N) is 2. The van der Waals surface area contributed by atoms with Crippen molar-refractivity contribution in [3.05, 3.63) is 76.4 Å². The minimum Gasteiger partial charge on any atom is -0.503 e. The minimum absolute atomic E-state index is 0.415. The first-order valence-corrected chi connectivity index (χ1v) is 8.50.